The molecule has 138 valence electrons. The van der Waals surface area contributed by atoms with Gasteiger partial charge in [-0.3, -0.25) is 4.79 Å². The van der Waals surface area contributed by atoms with Crippen LogP contribution in [0.3, 0.4) is 0 Å². The molecule has 3 aromatic rings. The molecular formula is C19H17BrN4O2S. The van der Waals surface area contributed by atoms with Crippen LogP contribution in [0.5, 0.6) is 0 Å². The van der Waals surface area contributed by atoms with Gasteiger partial charge >= 0.3 is 0 Å². The average molecular weight is 445 g/mol. The Morgan fingerprint density at radius 2 is 1.89 bits per heavy atom. The number of hydrazone groups is 1. The smallest absolute Gasteiger partial charge is 0.250 e. The predicted molar refractivity (Wildman–Crippen MR) is 110 cm³/mol. The van der Waals surface area contributed by atoms with Crippen LogP contribution in [0.15, 0.2) is 61.6 Å². The van der Waals surface area contributed by atoms with Gasteiger partial charge in [-0.25, -0.2) is 15.4 Å². The summed E-state index contributed by atoms with van der Waals surface area (Å²) >= 11 is 4.67. The molecule has 0 radical (unpaired) electrons. The summed E-state index contributed by atoms with van der Waals surface area (Å²) in [7, 11) is 0. The van der Waals surface area contributed by atoms with Crippen molar-refractivity contribution < 1.29 is 9.21 Å². The Hall–Kier alpha value is -2.45. The number of benzene rings is 1. The number of carbonyl (C=O) groups is 1. The number of nitrogens with zero attached hydrogens (tertiary/aromatic N) is 3. The van der Waals surface area contributed by atoms with E-state index in [4.69, 9.17) is 4.42 Å². The second kappa shape index (κ2) is 8.96. The zero-order chi connectivity index (χ0) is 19.2. The number of rotatable bonds is 6. The molecule has 8 heteroatoms. The highest BCUT2D eigenvalue weighted by Crippen LogP contribution is 2.23. The zero-order valence-corrected chi connectivity index (χ0v) is 17.2. The molecule has 1 N–H and O–H groups in total. The summed E-state index contributed by atoms with van der Waals surface area (Å²) < 4.78 is 6.71. The Labute approximate surface area is 169 Å². The topological polar surface area (TPSA) is 80.4 Å². The lowest BCUT2D eigenvalue weighted by Crippen LogP contribution is -2.19. The molecule has 2 heterocycles. The van der Waals surface area contributed by atoms with E-state index in [1.807, 2.05) is 50.2 Å². The summed E-state index contributed by atoms with van der Waals surface area (Å²) in [6.45, 7) is 3.80. The number of aryl methyl sites for hydroxylation is 2. The van der Waals surface area contributed by atoms with Gasteiger partial charge in [0.1, 0.15) is 11.5 Å². The lowest BCUT2D eigenvalue weighted by molar-refractivity contribution is -0.118. The molecule has 1 amide bonds. The van der Waals surface area contributed by atoms with Crippen molar-refractivity contribution in [3.63, 3.8) is 0 Å². The maximum absolute atomic E-state index is 11.9. The van der Waals surface area contributed by atoms with Crippen molar-refractivity contribution in [3.05, 3.63) is 64.1 Å². The van der Waals surface area contributed by atoms with E-state index >= 15 is 0 Å². The maximum atomic E-state index is 11.9. The van der Waals surface area contributed by atoms with Gasteiger partial charge in [0.15, 0.2) is 5.16 Å². The van der Waals surface area contributed by atoms with E-state index < -0.39 is 0 Å². The third-order valence-electron chi connectivity index (χ3n) is 3.43. The average Bonchev–Trinajstić information content (AvgIpc) is 3.09. The third-order valence-corrected chi connectivity index (χ3v) is 4.81. The summed E-state index contributed by atoms with van der Waals surface area (Å²) in [6, 6.07) is 13.4. The summed E-state index contributed by atoms with van der Waals surface area (Å²) in [4.78, 5) is 20.5. The molecule has 0 saturated carbocycles. The third kappa shape index (κ3) is 5.77. The van der Waals surface area contributed by atoms with Crippen molar-refractivity contribution >= 4 is 39.8 Å². The van der Waals surface area contributed by atoms with Gasteiger partial charge in [-0.1, -0.05) is 39.8 Å². The SMILES string of the molecule is Cc1cc(C)nc(SCC(=O)N/N=C/c2ccc(-c3ccc(Br)cc3)o2)n1. The fraction of sp³-hybridized carbons (Fsp3) is 0.158. The second-order valence-corrected chi connectivity index (χ2v) is 7.58. The molecule has 2 aromatic heterocycles. The van der Waals surface area contributed by atoms with Crippen molar-refractivity contribution in [1.29, 1.82) is 0 Å². The minimum atomic E-state index is -0.237. The lowest BCUT2D eigenvalue weighted by atomic mass is 10.2. The van der Waals surface area contributed by atoms with E-state index in [0.29, 0.717) is 10.9 Å². The van der Waals surface area contributed by atoms with Gasteiger partial charge in [0.05, 0.1) is 12.0 Å². The van der Waals surface area contributed by atoms with Crippen LogP contribution in [0.1, 0.15) is 17.1 Å². The van der Waals surface area contributed by atoms with E-state index in [-0.39, 0.29) is 11.7 Å². The number of amides is 1. The van der Waals surface area contributed by atoms with Crippen LogP contribution in [0, 0.1) is 13.8 Å². The number of halogens is 1. The molecule has 0 saturated heterocycles. The largest absolute Gasteiger partial charge is 0.455 e. The van der Waals surface area contributed by atoms with Gasteiger partial charge in [-0.05, 0) is 44.2 Å². The van der Waals surface area contributed by atoms with Crippen LogP contribution in [-0.2, 0) is 4.79 Å². The number of thioether (sulfide) groups is 1. The highest BCUT2D eigenvalue weighted by atomic mass is 79.9. The first-order valence-electron chi connectivity index (χ1n) is 8.12. The molecule has 6 nitrogen and oxygen atoms in total. The first kappa shape index (κ1) is 19.3. The number of carbonyl (C=O) groups excluding carboxylic acids is 1. The summed E-state index contributed by atoms with van der Waals surface area (Å²) in [5, 5.41) is 4.51. The molecule has 0 aliphatic rings. The van der Waals surface area contributed by atoms with Crippen LogP contribution in [0.2, 0.25) is 0 Å². The minimum absolute atomic E-state index is 0.183. The first-order valence-corrected chi connectivity index (χ1v) is 9.90. The lowest BCUT2D eigenvalue weighted by Gasteiger charge is -2.02. The molecule has 0 spiro atoms. The first-order chi connectivity index (χ1) is 13.0. The maximum Gasteiger partial charge on any atom is 0.250 e. The molecule has 1 aromatic carbocycles. The molecule has 0 bridgehead atoms. The highest BCUT2D eigenvalue weighted by molar-refractivity contribution is 9.10. The number of aromatic nitrogens is 2. The van der Waals surface area contributed by atoms with E-state index in [1.54, 1.807) is 6.07 Å². The van der Waals surface area contributed by atoms with Crippen molar-refractivity contribution in [2.75, 3.05) is 5.75 Å². The van der Waals surface area contributed by atoms with Crippen LogP contribution in [0.4, 0.5) is 0 Å². The van der Waals surface area contributed by atoms with E-state index in [2.05, 4.69) is 36.4 Å². The normalized spacial score (nSPS) is 11.1. The van der Waals surface area contributed by atoms with Gasteiger partial charge in [0.25, 0.3) is 5.91 Å². The number of hydrogen-bond donors (Lipinski definition) is 1. The minimum Gasteiger partial charge on any atom is -0.455 e. The summed E-state index contributed by atoms with van der Waals surface area (Å²) in [5.74, 6) is 1.23. The zero-order valence-electron chi connectivity index (χ0n) is 14.8. The molecule has 0 atom stereocenters. The molecule has 0 aliphatic carbocycles. The number of nitrogens with one attached hydrogen (secondary N) is 1. The monoisotopic (exact) mass is 444 g/mol. The molecule has 3 rings (SSSR count). The highest BCUT2D eigenvalue weighted by Gasteiger charge is 2.06. The van der Waals surface area contributed by atoms with Gasteiger partial charge < -0.3 is 4.42 Å². The Balaban J connectivity index is 1.51. The van der Waals surface area contributed by atoms with Gasteiger partial charge in [-0.2, -0.15) is 5.10 Å². The van der Waals surface area contributed by atoms with E-state index in [1.165, 1.54) is 18.0 Å². The molecule has 0 fully saturated rings. The standard InChI is InChI=1S/C19H17BrN4O2S/c1-12-9-13(2)23-19(22-12)27-11-18(25)24-21-10-16-7-8-17(26-16)14-3-5-15(20)6-4-14/h3-10H,11H2,1-2H3,(H,24,25)/b21-10+. The Morgan fingerprint density at radius 1 is 1.19 bits per heavy atom. The quantitative estimate of drug-likeness (QED) is 0.264. The number of hydrogen-bond acceptors (Lipinski definition) is 6. The Morgan fingerprint density at radius 3 is 2.59 bits per heavy atom. The van der Waals surface area contributed by atoms with Crippen LogP contribution >= 0.6 is 27.7 Å². The Kier molecular flexibility index (Phi) is 6.41. The summed E-state index contributed by atoms with van der Waals surface area (Å²) in [5.41, 5.74) is 5.19. The van der Waals surface area contributed by atoms with E-state index in [0.717, 1.165) is 27.2 Å². The summed E-state index contributed by atoms with van der Waals surface area (Å²) in [6.07, 6.45) is 1.47. The van der Waals surface area contributed by atoms with Crippen LogP contribution < -0.4 is 5.43 Å². The van der Waals surface area contributed by atoms with Gasteiger partial charge in [-0.15, -0.1) is 0 Å². The second-order valence-electron chi connectivity index (χ2n) is 5.72. The fourth-order valence-electron chi connectivity index (χ4n) is 2.28. The molecule has 0 aliphatic heterocycles. The van der Waals surface area contributed by atoms with Crippen molar-refractivity contribution in [1.82, 2.24) is 15.4 Å². The molecule has 27 heavy (non-hydrogen) atoms. The van der Waals surface area contributed by atoms with Crippen molar-refractivity contribution in [3.8, 4) is 11.3 Å². The van der Waals surface area contributed by atoms with Crippen LogP contribution in [-0.4, -0.2) is 27.8 Å². The fourth-order valence-corrected chi connectivity index (χ4v) is 3.29. The van der Waals surface area contributed by atoms with Gasteiger partial charge in [0.2, 0.25) is 0 Å². The van der Waals surface area contributed by atoms with E-state index in [9.17, 15) is 4.79 Å². The van der Waals surface area contributed by atoms with Gasteiger partial charge in [0, 0.05) is 21.4 Å². The Bertz CT molecular complexity index is 950. The van der Waals surface area contributed by atoms with Crippen molar-refractivity contribution in [2.24, 2.45) is 5.10 Å². The number of furan rings is 1. The van der Waals surface area contributed by atoms with Crippen LogP contribution in [0.25, 0.3) is 11.3 Å². The van der Waals surface area contributed by atoms with Crippen molar-refractivity contribution in [2.45, 2.75) is 19.0 Å². The molecule has 0 unspecified atom stereocenters. The predicted octanol–water partition coefficient (Wildman–Crippen LogP) is 4.36. The molecular weight excluding hydrogens is 428 g/mol.